The Bertz CT molecular complexity index is 1830. The molecule has 12 nitrogen and oxygen atoms in total. The van der Waals surface area contributed by atoms with Gasteiger partial charge in [0.15, 0.2) is 0 Å². The van der Waals surface area contributed by atoms with Gasteiger partial charge in [-0.3, -0.25) is 4.79 Å². The Morgan fingerprint density at radius 1 is 1.06 bits per heavy atom. The Hall–Kier alpha value is -4.97. The molecule has 244 valence electrons. The number of carbonyl (C=O) groups is 2. The first-order chi connectivity index (χ1) is 22.7. The van der Waals surface area contributed by atoms with E-state index < -0.39 is 17.6 Å². The maximum atomic E-state index is 12.9. The van der Waals surface area contributed by atoms with Crippen LogP contribution in [0, 0.1) is 12.3 Å². The second kappa shape index (κ2) is 12.0. The van der Waals surface area contributed by atoms with Crippen LogP contribution < -0.4 is 20.7 Å². The number of carboxylic acid groups (broad SMARTS) is 1. The van der Waals surface area contributed by atoms with Gasteiger partial charge in [0.25, 0.3) is 0 Å². The molecule has 1 spiro atoms. The van der Waals surface area contributed by atoms with Gasteiger partial charge in [-0.2, -0.15) is 15.1 Å². The molecule has 0 amide bonds. The normalized spacial score (nSPS) is 19.4. The molecule has 0 unspecified atom stereocenters. The number of aryl methyl sites for hydroxylation is 1. The van der Waals surface area contributed by atoms with Crippen molar-refractivity contribution in [1.29, 1.82) is 0 Å². The first-order valence-corrected chi connectivity index (χ1v) is 16.2. The van der Waals surface area contributed by atoms with Crippen molar-refractivity contribution in [3.8, 4) is 22.7 Å². The summed E-state index contributed by atoms with van der Waals surface area (Å²) in [4.78, 5) is 35.6. The summed E-state index contributed by atoms with van der Waals surface area (Å²) in [5, 5.41) is 17.3. The zero-order valence-corrected chi connectivity index (χ0v) is 26.6. The minimum absolute atomic E-state index is 0.0201. The summed E-state index contributed by atoms with van der Waals surface area (Å²) in [5.74, 6) is 0.0512. The third-order valence-corrected chi connectivity index (χ3v) is 9.71. The van der Waals surface area contributed by atoms with Crippen molar-refractivity contribution < 1.29 is 24.2 Å². The van der Waals surface area contributed by atoms with Gasteiger partial charge in [-0.25, -0.2) is 9.48 Å². The first kappa shape index (κ1) is 30.7. The van der Waals surface area contributed by atoms with Gasteiger partial charge in [0, 0.05) is 37.5 Å². The number of esters is 1. The van der Waals surface area contributed by atoms with Crippen LogP contribution in [0.4, 0.5) is 11.8 Å². The van der Waals surface area contributed by atoms with Crippen molar-refractivity contribution in [2.24, 2.45) is 5.41 Å². The van der Waals surface area contributed by atoms with Gasteiger partial charge in [0.2, 0.25) is 11.8 Å². The molecule has 1 saturated carbocycles. The van der Waals surface area contributed by atoms with Gasteiger partial charge in [-0.1, -0.05) is 24.3 Å². The Kier molecular flexibility index (Phi) is 7.83. The first-order valence-electron chi connectivity index (χ1n) is 16.2. The highest BCUT2D eigenvalue weighted by Crippen LogP contribution is 2.52. The summed E-state index contributed by atoms with van der Waals surface area (Å²) >= 11 is 0. The van der Waals surface area contributed by atoms with Crippen LogP contribution in [0.2, 0.25) is 0 Å². The number of hydrogen-bond donors (Lipinski definition) is 3. The molecule has 2 aromatic carbocycles. The van der Waals surface area contributed by atoms with Crippen LogP contribution in [-0.4, -0.2) is 69.1 Å². The molecule has 3 fully saturated rings. The second-order valence-corrected chi connectivity index (χ2v) is 12.9. The molecule has 0 bridgehead atoms. The van der Waals surface area contributed by atoms with E-state index >= 15 is 0 Å². The van der Waals surface area contributed by atoms with Crippen LogP contribution in [0.25, 0.3) is 16.8 Å². The molecule has 1 atom stereocenters. The lowest BCUT2D eigenvalue weighted by molar-refractivity contribution is -0.139. The van der Waals surface area contributed by atoms with E-state index in [1.54, 1.807) is 13.0 Å². The zero-order chi connectivity index (χ0) is 32.8. The Balaban J connectivity index is 1.19. The molecule has 2 saturated heterocycles. The number of aromatic nitrogens is 4. The number of ether oxygens (including phenoxy) is 2. The topological polar surface area (TPSA) is 158 Å². The Morgan fingerprint density at radius 3 is 2.53 bits per heavy atom. The molecular weight excluding hydrogens is 598 g/mol. The van der Waals surface area contributed by atoms with Crippen molar-refractivity contribution in [1.82, 2.24) is 25.1 Å². The number of carboxylic acids is 1. The maximum absolute atomic E-state index is 12.9. The van der Waals surface area contributed by atoms with E-state index in [0.29, 0.717) is 30.2 Å². The quantitative estimate of drug-likeness (QED) is 0.222. The van der Waals surface area contributed by atoms with Gasteiger partial charge >= 0.3 is 11.9 Å². The van der Waals surface area contributed by atoms with Crippen LogP contribution in [0.15, 0.2) is 60.8 Å². The molecule has 1 aliphatic carbocycles. The SMILES string of the molecule is CCOC(=O)c1ccccc1-c1ccc(-n2ccc(C)n2)c(C2(Oc3cc(N4CCC5(CC4)CN[C@H](C(=O)O)C5)nc(N)n3)CC2)c1. The fourth-order valence-corrected chi connectivity index (χ4v) is 7.01. The van der Waals surface area contributed by atoms with Crippen molar-refractivity contribution in [2.45, 2.75) is 57.6 Å². The fraction of sp³-hybridized carbons (Fsp3) is 0.400. The van der Waals surface area contributed by atoms with Crippen molar-refractivity contribution in [3.05, 3.63) is 77.6 Å². The van der Waals surface area contributed by atoms with E-state index in [-0.39, 0.29) is 23.9 Å². The molecule has 2 aromatic heterocycles. The average Bonchev–Trinajstić information content (AvgIpc) is 3.51. The third-order valence-electron chi connectivity index (χ3n) is 9.71. The fourth-order valence-electron chi connectivity index (χ4n) is 7.01. The molecular formula is C35H39N7O5. The van der Waals surface area contributed by atoms with Gasteiger partial charge in [0.1, 0.15) is 17.5 Å². The summed E-state index contributed by atoms with van der Waals surface area (Å²) in [6.07, 6.45) is 5.80. The molecule has 0 radical (unpaired) electrons. The highest BCUT2D eigenvalue weighted by atomic mass is 16.5. The smallest absolute Gasteiger partial charge is 0.338 e. The second-order valence-electron chi connectivity index (χ2n) is 12.9. The predicted octanol–water partition coefficient (Wildman–Crippen LogP) is 4.50. The lowest BCUT2D eigenvalue weighted by Gasteiger charge is -2.39. The summed E-state index contributed by atoms with van der Waals surface area (Å²) in [7, 11) is 0. The number of nitrogens with zero attached hydrogens (tertiary/aromatic N) is 5. The Morgan fingerprint density at radius 2 is 1.85 bits per heavy atom. The van der Waals surface area contributed by atoms with E-state index in [9.17, 15) is 14.7 Å². The van der Waals surface area contributed by atoms with E-state index in [1.807, 2.05) is 60.3 Å². The van der Waals surface area contributed by atoms with Gasteiger partial charge < -0.3 is 30.5 Å². The number of nitrogens with one attached hydrogen (secondary N) is 1. The van der Waals surface area contributed by atoms with Gasteiger partial charge in [0.05, 0.1) is 23.6 Å². The minimum atomic E-state index is -0.789. The summed E-state index contributed by atoms with van der Waals surface area (Å²) in [6, 6.07) is 16.8. The third kappa shape index (κ3) is 6.00. The van der Waals surface area contributed by atoms with E-state index in [4.69, 9.17) is 20.3 Å². The molecule has 3 aliphatic rings. The molecule has 4 N–H and O–H groups in total. The number of aliphatic carboxylic acids is 1. The number of nitrogen functional groups attached to an aromatic ring is 1. The van der Waals surface area contributed by atoms with Crippen LogP contribution in [-0.2, 0) is 15.1 Å². The number of anilines is 2. The summed E-state index contributed by atoms with van der Waals surface area (Å²) in [6.45, 7) is 6.22. The van der Waals surface area contributed by atoms with Crippen LogP contribution in [0.1, 0.15) is 60.6 Å². The number of nitrogens with two attached hydrogens (primary N) is 1. The number of benzene rings is 2. The molecule has 2 aliphatic heterocycles. The number of carbonyl (C=O) groups excluding carboxylic acids is 1. The van der Waals surface area contributed by atoms with Crippen LogP contribution >= 0.6 is 0 Å². The van der Waals surface area contributed by atoms with Crippen LogP contribution in [0.3, 0.4) is 0 Å². The molecule has 4 heterocycles. The van der Waals surface area contributed by atoms with Gasteiger partial charge in [-0.15, -0.1) is 0 Å². The van der Waals surface area contributed by atoms with Crippen molar-refractivity contribution in [3.63, 3.8) is 0 Å². The average molecular weight is 638 g/mol. The number of piperidine rings is 1. The van der Waals surface area contributed by atoms with E-state index in [2.05, 4.69) is 26.3 Å². The van der Waals surface area contributed by atoms with E-state index in [0.717, 1.165) is 66.8 Å². The highest BCUT2D eigenvalue weighted by molar-refractivity contribution is 5.97. The Labute approximate surface area is 272 Å². The highest BCUT2D eigenvalue weighted by Gasteiger charge is 2.50. The monoisotopic (exact) mass is 637 g/mol. The van der Waals surface area contributed by atoms with Crippen molar-refractivity contribution in [2.75, 3.05) is 36.9 Å². The maximum Gasteiger partial charge on any atom is 0.338 e. The molecule has 7 rings (SSSR count). The molecule has 4 aromatic rings. The molecule has 12 heteroatoms. The number of rotatable bonds is 9. The summed E-state index contributed by atoms with van der Waals surface area (Å²) < 4.78 is 14.0. The summed E-state index contributed by atoms with van der Waals surface area (Å²) in [5.41, 5.74) is 10.4. The number of hydrogen-bond acceptors (Lipinski definition) is 10. The minimum Gasteiger partial charge on any atom is -0.480 e. The van der Waals surface area contributed by atoms with Crippen LogP contribution in [0.5, 0.6) is 5.88 Å². The largest absolute Gasteiger partial charge is 0.480 e. The standard InChI is InChI=1S/C35H39N7O5/c1-3-46-32(45)25-7-5-4-6-24(25)23-8-9-28(42-15-10-22(2)40-42)26(18-23)35(11-12-35)47-30-19-29(38-33(36)39-30)41-16-13-34(14-17-41)20-27(31(43)44)37-21-34/h4-10,15,18-19,27,37H,3,11-14,16-17,20-21H2,1-2H3,(H,43,44)(H2,36,38,39)/t27-/m0/s1. The predicted molar refractivity (Wildman–Crippen MR) is 176 cm³/mol. The lowest BCUT2D eigenvalue weighted by atomic mass is 9.76. The van der Waals surface area contributed by atoms with E-state index in [1.165, 1.54) is 0 Å². The van der Waals surface area contributed by atoms with Crippen molar-refractivity contribution >= 4 is 23.7 Å². The molecule has 47 heavy (non-hydrogen) atoms. The zero-order valence-electron chi connectivity index (χ0n) is 26.6. The lowest BCUT2D eigenvalue weighted by Crippen LogP contribution is -2.41. The van der Waals surface area contributed by atoms with Gasteiger partial charge in [-0.05, 0) is 86.8 Å².